The summed E-state index contributed by atoms with van der Waals surface area (Å²) in [5.74, 6) is 0.861. The van der Waals surface area contributed by atoms with Gasteiger partial charge in [0.1, 0.15) is 0 Å². The summed E-state index contributed by atoms with van der Waals surface area (Å²) in [5, 5.41) is 9.62. The van der Waals surface area contributed by atoms with Gasteiger partial charge in [-0.25, -0.2) is 0 Å². The standard InChI is InChI=1S/C15H20O/c1-12-7-6-10-15(2,14(12)11-16)13-8-4-3-5-9-13/h3-6,8-10,12,14,16H,7,11H2,1-2H3. The van der Waals surface area contributed by atoms with E-state index < -0.39 is 0 Å². The van der Waals surface area contributed by atoms with Crippen molar-refractivity contribution in [3.63, 3.8) is 0 Å². The molecule has 2 rings (SSSR count). The molecule has 1 aromatic rings. The summed E-state index contributed by atoms with van der Waals surface area (Å²) in [4.78, 5) is 0. The topological polar surface area (TPSA) is 20.2 Å². The average molecular weight is 216 g/mol. The second kappa shape index (κ2) is 4.42. The highest BCUT2D eigenvalue weighted by Crippen LogP contribution is 2.42. The summed E-state index contributed by atoms with van der Waals surface area (Å²) in [6.45, 7) is 4.72. The lowest BCUT2D eigenvalue weighted by Crippen LogP contribution is -2.39. The second-order valence-corrected chi connectivity index (χ2v) is 5.05. The Labute approximate surface area is 97.8 Å². The Hall–Kier alpha value is -1.08. The predicted molar refractivity (Wildman–Crippen MR) is 67.3 cm³/mol. The molecule has 0 saturated carbocycles. The smallest absolute Gasteiger partial charge is 0.0473 e. The van der Waals surface area contributed by atoms with Crippen LogP contribution in [-0.4, -0.2) is 11.7 Å². The normalized spacial score (nSPS) is 33.9. The minimum Gasteiger partial charge on any atom is -0.396 e. The van der Waals surface area contributed by atoms with Crippen LogP contribution in [-0.2, 0) is 5.41 Å². The summed E-state index contributed by atoms with van der Waals surface area (Å²) in [6, 6.07) is 10.5. The molecule has 0 amide bonds. The van der Waals surface area contributed by atoms with E-state index in [-0.39, 0.29) is 12.0 Å². The van der Waals surface area contributed by atoms with Gasteiger partial charge in [-0.1, -0.05) is 56.3 Å². The van der Waals surface area contributed by atoms with Gasteiger partial charge >= 0.3 is 0 Å². The van der Waals surface area contributed by atoms with Crippen LogP contribution < -0.4 is 0 Å². The first-order valence-electron chi connectivity index (χ1n) is 6.02. The summed E-state index contributed by atoms with van der Waals surface area (Å²) in [7, 11) is 0. The molecule has 0 fully saturated rings. The van der Waals surface area contributed by atoms with Crippen LogP contribution in [0.5, 0.6) is 0 Å². The summed E-state index contributed by atoms with van der Waals surface area (Å²) >= 11 is 0. The van der Waals surface area contributed by atoms with Gasteiger partial charge in [0.05, 0.1) is 0 Å². The number of hydrogen-bond donors (Lipinski definition) is 1. The van der Waals surface area contributed by atoms with Crippen molar-refractivity contribution >= 4 is 0 Å². The van der Waals surface area contributed by atoms with Gasteiger partial charge in [0.2, 0.25) is 0 Å². The molecule has 0 aliphatic heterocycles. The maximum Gasteiger partial charge on any atom is 0.0473 e. The molecule has 3 atom stereocenters. The van der Waals surface area contributed by atoms with Crippen molar-refractivity contribution in [2.45, 2.75) is 25.7 Å². The van der Waals surface area contributed by atoms with E-state index in [1.807, 2.05) is 6.07 Å². The van der Waals surface area contributed by atoms with Gasteiger partial charge in [-0.05, 0) is 23.8 Å². The lowest BCUT2D eigenvalue weighted by molar-refractivity contribution is 0.127. The SMILES string of the molecule is CC1CC=CC(C)(c2ccccc2)C1CO. The van der Waals surface area contributed by atoms with Crippen molar-refractivity contribution in [2.24, 2.45) is 11.8 Å². The van der Waals surface area contributed by atoms with Crippen molar-refractivity contribution < 1.29 is 5.11 Å². The van der Waals surface area contributed by atoms with Crippen LogP contribution in [0.3, 0.4) is 0 Å². The molecule has 0 radical (unpaired) electrons. The molecule has 1 nitrogen and oxygen atoms in total. The highest BCUT2D eigenvalue weighted by atomic mass is 16.3. The highest BCUT2D eigenvalue weighted by Gasteiger charge is 2.38. The van der Waals surface area contributed by atoms with Crippen LogP contribution in [0.1, 0.15) is 25.8 Å². The molecule has 1 aliphatic carbocycles. The zero-order valence-corrected chi connectivity index (χ0v) is 10.1. The Balaban J connectivity index is 2.42. The molecule has 1 heteroatoms. The van der Waals surface area contributed by atoms with Crippen LogP contribution in [0, 0.1) is 11.8 Å². The van der Waals surface area contributed by atoms with Crippen molar-refractivity contribution in [3.05, 3.63) is 48.0 Å². The molecule has 16 heavy (non-hydrogen) atoms. The van der Waals surface area contributed by atoms with Gasteiger partial charge in [-0.15, -0.1) is 0 Å². The van der Waals surface area contributed by atoms with Crippen LogP contribution in [0.4, 0.5) is 0 Å². The first-order valence-corrected chi connectivity index (χ1v) is 6.02. The third-order valence-corrected chi connectivity index (χ3v) is 4.02. The molecule has 0 bridgehead atoms. The van der Waals surface area contributed by atoms with Crippen molar-refractivity contribution in [1.82, 2.24) is 0 Å². The third-order valence-electron chi connectivity index (χ3n) is 4.02. The largest absolute Gasteiger partial charge is 0.396 e. The molecule has 3 unspecified atom stereocenters. The van der Waals surface area contributed by atoms with Gasteiger partial charge in [-0.2, -0.15) is 0 Å². The Morgan fingerprint density at radius 2 is 2.00 bits per heavy atom. The summed E-state index contributed by atoms with van der Waals surface area (Å²) in [5.41, 5.74) is 1.28. The van der Waals surface area contributed by atoms with Crippen LogP contribution >= 0.6 is 0 Å². The van der Waals surface area contributed by atoms with Crippen LogP contribution in [0.2, 0.25) is 0 Å². The number of aliphatic hydroxyl groups is 1. The highest BCUT2D eigenvalue weighted by molar-refractivity contribution is 5.33. The van der Waals surface area contributed by atoms with Crippen LogP contribution in [0.25, 0.3) is 0 Å². The number of benzene rings is 1. The fraction of sp³-hybridized carbons (Fsp3) is 0.467. The molecule has 0 spiro atoms. The Bertz CT molecular complexity index is 368. The Morgan fingerprint density at radius 3 is 2.62 bits per heavy atom. The quantitative estimate of drug-likeness (QED) is 0.753. The summed E-state index contributed by atoms with van der Waals surface area (Å²) < 4.78 is 0. The van der Waals surface area contributed by atoms with Crippen molar-refractivity contribution in [2.75, 3.05) is 6.61 Å². The lowest BCUT2D eigenvalue weighted by atomic mass is 9.64. The molecule has 0 aromatic heterocycles. The van der Waals surface area contributed by atoms with Gasteiger partial charge < -0.3 is 5.11 Å². The molecular formula is C15H20O. The van der Waals surface area contributed by atoms with Gasteiger partial charge in [0.15, 0.2) is 0 Å². The second-order valence-electron chi connectivity index (χ2n) is 5.05. The Kier molecular flexibility index (Phi) is 3.15. The van der Waals surface area contributed by atoms with E-state index in [9.17, 15) is 5.11 Å². The molecule has 1 N–H and O–H groups in total. The van der Waals surface area contributed by atoms with Crippen molar-refractivity contribution in [1.29, 1.82) is 0 Å². The Morgan fingerprint density at radius 1 is 1.31 bits per heavy atom. The van der Waals surface area contributed by atoms with E-state index in [4.69, 9.17) is 0 Å². The van der Waals surface area contributed by atoms with E-state index in [1.165, 1.54) is 5.56 Å². The summed E-state index contributed by atoms with van der Waals surface area (Å²) in [6.07, 6.45) is 5.60. The zero-order valence-electron chi connectivity index (χ0n) is 10.1. The molecule has 1 aliphatic rings. The lowest BCUT2D eigenvalue weighted by Gasteiger charge is -2.41. The monoisotopic (exact) mass is 216 g/mol. The minimum atomic E-state index is -0.0202. The van der Waals surface area contributed by atoms with E-state index in [1.54, 1.807) is 0 Å². The first-order chi connectivity index (χ1) is 7.68. The molecule has 0 heterocycles. The molecule has 1 aromatic carbocycles. The van der Waals surface area contributed by atoms with E-state index in [0.717, 1.165) is 6.42 Å². The number of rotatable bonds is 2. The maximum absolute atomic E-state index is 9.62. The molecular weight excluding hydrogens is 196 g/mol. The predicted octanol–water partition coefficient (Wildman–Crippen LogP) is 3.15. The fourth-order valence-corrected chi connectivity index (χ4v) is 2.88. The van der Waals surface area contributed by atoms with Crippen molar-refractivity contribution in [3.8, 4) is 0 Å². The minimum absolute atomic E-state index is 0.0202. The number of aliphatic hydroxyl groups excluding tert-OH is 1. The van der Waals surface area contributed by atoms with Gasteiger partial charge in [-0.3, -0.25) is 0 Å². The van der Waals surface area contributed by atoms with Crippen LogP contribution in [0.15, 0.2) is 42.5 Å². The molecule has 0 saturated heterocycles. The number of allylic oxidation sites excluding steroid dienone is 2. The average Bonchev–Trinajstić information content (AvgIpc) is 2.30. The first kappa shape index (κ1) is 11.4. The third kappa shape index (κ3) is 1.80. The number of hydrogen-bond acceptors (Lipinski definition) is 1. The van der Waals surface area contributed by atoms with E-state index >= 15 is 0 Å². The van der Waals surface area contributed by atoms with E-state index in [0.29, 0.717) is 11.8 Å². The molecule has 86 valence electrons. The zero-order chi connectivity index (χ0) is 11.6. The van der Waals surface area contributed by atoms with Gasteiger partial charge in [0.25, 0.3) is 0 Å². The van der Waals surface area contributed by atoms with E-state index in [2.05, 4.69) is 50.3 Å². The maximum atomic E-state index is 9.62. The fourth-order valence-electron chi connectivity index (χ4n) is 2.88. The van der Waals surface area contributed by atoms with Gasteiger partial charge in [0, 0.05) is 12.0 Å².